The lowest BCUT2D eigenvalue weighted by molar-refractivity contribution is -0.133. The molecule has 5 nitrogen and oxygen atoms in total. The van der Waals surface area contributed by atoms with Crippen LogP contribution in [0.5, 0.6) is 0 Å². The second-order valence-corrected chi connectivity index (χ2v) is 6.11. The molecule has 1 aromatic rings. The highest BCUT2D eigenvalue weighted by molar-refractivity contribution is 5.96. The number of fused-ring (bicyclic) bond motifs is 1. The van der Waals surface area contributed by atoms with Crippen LogP contribution in [0.1, 0.15) is 47.4 Å². The molecule has 114 valence electrons. The molecule has 0 bridgehead atoms. The minimum absolute atomic E-state index is 0.0338. The number of rotatable bonds is 2. The largest absolute Gasteiger partial charge is 0.459 e. The Morgan fingerprint density at radius 2 is 2.14 bits per heavy atom. The number of likely N-dealkylation sites (tertiary alicyclic amines) is 1. The molecule has 1 aliphatic carbocycles. The van der Waals surface area contributed by atoms with Crippen LogP contribution in [-0.4, -0.2) is 48.3 Å². The summed E-state index contributed by atoms with van der Waals surface area (Å²) in [6.45, 7) is 0.771. The molecule has 1 unspecified atom stereocenters. The maximum atomic E-state index is 12.7. The van der Waals surface area contributed by atoms with Gasteiger partial charge in [0.25, 0.3) is 5.91 Å². The average molecular weight is 290 g/mol. The Hall–Kier alpha value is -1.78. The molecule has 1 fully saturated rings. The monoisotopic (exact) mass is 290 g/mol. The normalized spacial score (nSPS) is 22.1. The van der Waals surface area contributed by atoms with E-state index in [9.17, 15) is 9.59 Å². The fourth-order valence-electron chi connectivity index (χ4n) is 3.37. The van der Waals surface area contributed by atoms with Crippen molar-refractivity contribution in [2.75, 3.05) is 20.6 Å². The van der Waals surface area contributed by atoms with Crippen LogP contribution in [0.25, 0.3) is 0 Å². The van der Waals surface area contributed by atoms with Gasteiger partial charge in [0, 0.05) is 26.2 Å². The van der Waals surface area contributed by atoms with Crippen molar-refractivity contribution in [3.05, 3.63) is 23.2 Å². The predicted octanol–water partition coefficient (Wildman–Crippen LogP) is 1.85. The zero-order valence-corrected chi connectivity index (χ0v) is 12.7. The molecule has 3 rings (SSSR count). The van der Waals surface area contributed by atoms with E-state index >= 15 is 0 Å². The number of hydrogen-bond acceptors (Lipinski definition) is 3. The number of carbonyl (C=O) groups excluding carboxylic acids is 2. The van der Waals surface area contributed by atoms with E-state index in [4.69, 9.17) is 4.42 Å². The van der Waals surface area contributed by atoms with Crippen molar-refractivity contribution in [1.82, 2.24) is 9.80 Å². The number of amides is 2. The third-order valence-corrected chi connectivity index (χ3v) is 4.72. The van der Waals surface area contributed by atoms with Gasteiger partial charge in [0.1, 0.15) is 6.04 Å². The van der Waals surface area contributed by atoms with Gasteiger partial charge in [-0.05, 0) is 44.1 Å². The van der Waals surface area contributed by atoms with Crippen molar-refractivity contribution in [3.63, 3.8) is 0 Å². The lowest BCUT2D eigenvalue weighted by Gasteiger charge is -2.28. The maximum absolute atomic E-state index is 12.7. The Morgan fingerprint density at radius 3 is 2.95 bits per heavy atom. The minimum atomic E-state index is -0.368. The van der Waals surface area contributed by atoms with Crippen LogP contribution in [0, 0.1) is 0 Å². The summed E-state index contributed by atoms with van der Waals surface area (Å²) in [6, 6.07) is -0.368. The molecule has 0 N–H and O–H groups in total. The van der Waals surface area contributed by atoms with Crippen LogP contribution in [0.4, 0.5) is 0 Å². The van der Waals surface area contributed by atoms with E-state index in [1.807, 2.05) is 7.05 Å². The van der Waals surface area contributed by atoms with Gasteiger partial charge in [-0.15, -0.1) is 0 Å². The standard InChI is InChI=1S/C16H22N2O3/c1-17-9-4-3-8-13(15(17)19)18(2)16(20)14-12-7-5-6-11(12)10-21-14/h10,13H,3-9H2,1-2H3. The highest BCUT2D eigenvalue weighted by Crippen LogP contribution is 2.28. The summed E-state index contributed by atoms with van der Waals surface area (Å²) in [5.41, 5.74) is 2.19. The summed E-state index contributed by atoms with van der Waals surface area (Å²) in [7, 11) is 3.53. The smallest absolute Gasteiger partial charge is 0.290 e. The van der Waals surface area contributed by atoms with E-state index in [0.29, 0.717) is 5.76 Å². The predicted molar refractivity (Wildman–Crippen MR) is 78.1 cm³/mol. The Bertz CT molecular complexity index is 564. The Labute approximate surface area is 124 Å². The van der Waals surface area contributed by atoms with Crippen LogP contribution in [-0.2, 0) is 17.6 Å². The number of furan rings is 1. The van der Waals surface area contributed by atoms with Crippen LogP contribution in [0.3, 0.4) is 0 Å². The Kier molecular flexibility index (Phi) is 3.74. The second-order valence-electron chi connectivity index (χ2n) is 6.11. The summed E-state index contributed by atoms with van der Waals surface area (Å²) in [5.74, 6) is 0.308. The lowest BCUT2D eigenvalue weighted by Crippen LogP contribution is -2.47. The van der Waals surface area contributed by atoms with Crippen LogP contribution in [0.15, 0.2) is 10.7 Å². The molecule has 1 atom stereocenters. The molecule has 2 amide bonds. The van der Waals surface area contributed by atoms with E-state index in [0.717, 1.165) is 56.2 Å². The van der Waals surface area contributed by atoms with Gasteiger partial charge in [-0.1, -0.05) is 0 Å². The SMILES string of the molecule is CN1CCCCC(N(C)C(=O)c2occ3c2CCC3)C1=O. The van der Waals surface area contributed by atoms with E-state index in [2.05, 4.69) is 0 Å². The maximum Gasteiger partial charge on any atom is 0.290 e. The third-order valence-electron chi connectivity index (χ3n) is 4.72. The summed E-state index contributed by atoms with van der Waals surface area (Å²) in [5, 5.41) is 0. The number of nitrogens with zero attached hydrogens (tertiary/aromatic N) is 2. The molecule has 1 aliphatic heterocycles. The molecule has 0 spiro atoms. The second kappa shape index (κ2) is 5.54. The van der Waals surface area contributed by atoms with Crippen molar-refractivity contribution in [2.24, 2.45) is 0 Å². The molecule has 0 saturated carbocycles. The topological polar surface area (TPSA) is 53.8 Å². The fourth-order valence-corrected chi connectivity index (χ4v) is 3.37. The average Bonchev–Trinajstić information content (AvgIpc) is 3.04. The molecule has 0 radical (unpaired) electrons. The van der Waals surface area contributed by atoms with Gasteiger partial charge in [0.2, 0.25) is 5.91 Å². The van der Waals surface area contributed by atoms with Crippen LogP contribution in [0.2, 0.25) is 0 Å². The zero-order chi connectivity index (χ0) is 15.0. The Balaban J connectivity index is 1.81. The van der Waals surface area contributed by atoms with Gasteiger partial charge in [0.15, 0.2) is 5.76 Å². The molecular weight excluding hydrogens is 268 g/mol. The first kappa shape index (κ1) is 14.2. The molecule has 2 aliphatic rings. The van der Waals surface area contributed by atoms with E-state index in [1.54, 1.807) is 23.1 Å². The molecular formula is C16H22N2O3. The van der Waals surface area contributed by atoms with Crippen molar-refractivity contribution < 1.29 is 14.0 Å². The van der Waals surface area contributed by atoms with Crippen LogP contribution >= 0.6 is 0 Å². The highest BCUT2D eigenvalue weighted by Gasteiger charge is 2.34. The first-order valence-electron chi connectivity index (χ1n) is 7.71. The third kappa shape index (κ3) is 2.45. The molecule has 21 heavy (non-hydrogen) atoms. The van der Waals surface area contributed by atoms with Gasteiger partial charge in [-0.2, -0.15) is 0 Å². The number of likely N-dealkylation sites (N-methyl/N-ethyl adjacent to an activating group) is 2. The van der Waals surface area contributed by atoms with Crippen molar-refractivity contribution >= 4 is 11.8 Å². The highest BCUT2D eigenvalue weighted by atomic mass is 16.3. The first-order chi connectivity index (χ1) is 10.1. The molecule has 1 aromatic heterocycles. The minimum Gasteiger partial charge on any atom is -0.459 e. The number of hydrogen-bond donors (Lipinski definition) is 0. The fraction of sp³-hybridized carbons (Fsp3) is 0.625. The van der Waals surface area contributed by atoms with Gasteiger partial charge in [-0.25, -0.2) is 0 Å². The van der Waals surface area contributed by atoms with Gasteiger partial charge in [-0.3, -0.25) is 9.59 Å². The first-order valence-corrected chi connectivity index (χ1v) is 7.71. The summed E-state index contributed by atoms with van der Waals surface area (Å²) in [6.07, 6.45) is 7.36. The number of carbonyl (C=O) groups is 2. The lowest BCUT2D eigenvalue weighted by atomic mass is 10.1. The Morgan fingerprint density at radius 1 is 1.33 bits per heavy atom. The summed E-state index contributed by atoms with van der Waals surface area (Å²) < 4.78 is 5.49. The number of aryl methyl sites for hydroxylation is 1. The van der Waals surface area contributed by atoms with Gasteiger partial charge in [0.05, 0.1) is 6.26 Å². The quantitative estimate of drug-likeness (QED) is 0.835. The van der Waals surface area contributed by atoms with Gasteiger partial charge < -0.3 is 14.2 Å². The van der Waals surface area contributed by atoms with Crippen LogP contribution < -0.4 is 0 Å². The van der Waals surface area contributed by atoms with Gasteiger partial charge >= 0.3 is 0 Å². The summed E-state index contributed by atoms with van der Waals surface area (Å²) >= 11 is 0. The van der Waals surface area contributed by atoms with E-state index in [-0.39, 0.29) is 17.9 Å². The molecule has 1 saturated heterocycles. The van der Waals surface area contributed by atoms with Crippen molar-refractivity contribution in [1.29, 1.82) is 0 Å². The zero-order valence-electron chi connectivity index (χ0n) is 12.7. The molecule has 2 heterocycles. The van der Waals surface area contributed by atoms with Crippen molar-refractivity contribution in [3.8, 4) is 0 Å². The van der Waals surface area contributed by atoms with Crippen molar-refractivity contribution in [2.45, 2.75) is 44.6 Å². The molecule has 5 heteroatoms. The summed E-state index contributed by atoms with van der Waals surface area (Å²) in [4.78, 5) is 28.4. The van der Waals surface area contributed by atoms with E-state index in [1.165, 1.54) is 0 Å². The van der Waals surface area contributed by atoms with E-state index < -0.39 is 0 Å². The molecule has 0 aromatic carbocycles.